The van der Waals surface area contributed by atoms with E-state index in [9.17, 15) is 4.79 Å². The first-order chi connectivity index (χ1) is 17.2. The van der Waals surface area contributed by atoms with Gasteiger partial charge in [-0.25, -0.2) is 9.67 Å². The molecule has 0 atom stereocenters. The molecule has 0 radical (unpaired) electrons. The Kier molecular flexibility index (Phi) is 6.73. The fraction of sp³-hybridized carbons (Fsp3) is 0.107. The van der Waals surface area contributed by atoms with E-state index in [-0.39, 0.29) is 12.3 Å². The van der Waals surface area contributed by atoms with Crippen molar-refractivity contribution in [1.82, 2.24) is 24.6 Å². The monoisotopic (exact) mass is 481 g/mol. The first kappa shape index (κ1) is 22.6. The van der Waals surface area contributed by atoms with E-state index in [1.807, 2.05) is 94.4 Å². The normalized spacial score (nSPS) is 10.9. The van der Waals surface area contributed by atoms with Crippen LogP contribution >= 0.6 is 11.6 Å². The average Bonchev–Trinajstić information content (AvgIpc) is 3.55. The molecule has 0 unspecified atom stereocenters. The number of nitrogens with one attached hydrogen (secondary N) is 1. The molecular formula is C28H24ClN5O. The summed E-state index contributed by atoms with van der Waals surface area (Å²) in [6, 6.07) is 25.5. The van der Waals surface area contributed by atoms with Crippen molar-refractivity contribution in [3.8, 4) is 16.9 Å². The molecule has 0 saturated heterocycles. The molecule has 174 valence electrons. The van der Waals surface area contributed by atoms with E-state index in [2.05, 4.69) is 16.4 Å². The van der Waals surface area contributed by atoms with E-state index in [4.69, 9.17) is 16.7 Å². The van der Waals surface area contributed by atoms with Crippen LogP contribution < -0.4 is 5.32 Å². The molecule has 0 fully saturated rings. The van der Waals surface area contributed by atoms with E-state index < -0.39 is 0 Å². The highest BCUT2D eigenvalue weighted by Gasteiger charge is 2.16. The summed E-state index contributed by atoms with van der Waals surface area (Å²) in [5, 5.41) is 8.53. The lowest BCUT2D eigenvalue weighted by Gasteiger charge is -2.11. The van der Waals surface area contributed by atoms with Crippen LogP contribution in [0.3, 0.4) is 0 Å². The lowest BCUT2D eigenvalue weighted by molar-refractivity contribution is -0.120. The number of carbonyl (C=O) groups is 1. The Morgan fingerprint density at radius 1 is 0.886 bits per heavy atom. The molecule has 1 N–H and O–H groups in total. The average molecular weight is 482 g/mol. The summed E-state index contributed by atoms with van der Waals surface area (Å²) in [4.78, 5) is 17.1. The first-order valence-corrected chi connectivity index (χ1v) is 11.7. The number of halogens is 1. The lowest BCUT2D eigenvalue weighted by Crippen LogP contribution is -2.25. The number of carbonyl (C=O) groups excluding carboxylic acids is 1. The molecule has 5 rings (SSSR count). The molecule has 0 aliphatic carbocycles. The number of aromatic nitrogens is 4. The molecule has 3 aromatic carbocycles. The van der Waals surface area contributed by atoms with Gasteiger partial charge < -0.3 is 9.88 Å². The summed E-state index contributed by atoms with van der Waals surface area (Å²) in [7, 11) is 0. The number of rotatable bonds is 8. The fourth-order valence-corrected chi connectivity index (χ4v) is 4.12. The van der Waals surface area contributed by atoms with Gasteiger partial charge in [0.15, 0.2) is 0 Å². The van der Waals surface area contributed by atoms with E-state index in [0.717, 1.165) is 33.6 Å². The molecule has 5 aromatic rings. The minimum absolute atomic E-state index is 0.0646. The van der Waals surface area contributed by atoms with Gasteiger partial charge >= 0.3 is 0 Å². The predicted octanol–water partition coefficient (Wildman–Crippen LogP) is 5.30. The SMILES string of the molecule is O=C(Cc1cn(-c2ccccc2)nc1-c1ccc(Cl)cc1)NCc1ccccc1Cn1ccnc1. The van der Waals surface area contributed by atoms with Crippen LogP contribution in [0.25, 0.3) is 16.9 Å². The van der Waals surface area contributed by atoms with Crippen LogP contribution in [0.1, 0.15) is 16.7 Å². The predicted molar refractivity (Wildman–Crippen MR) is 137 cm³/mol. The van der Waals surface area contributed by atoms with Crippen molar-refractivity contribution in [2.24, 2.45) is 0 Å². The van der Waals surface area contributed by atoms with Crippen LogP contribution in [0.2, 0.25) is 5.02 Å². The minimum Gasteiger partial charge on any atom is -0.352 e. The van der Waals surface area contributed by atoms with Crippen molar-refractivity contribution in [2.45, 2.75) is 19.5 Å². The van der Waals surface area contributed by atoms with Gasteiger partial charge in [0.05, 0.1) is 24.1 Å². The van der Waals surface area contributed by atoms with Crippen molar-refractivity contribution in [3.05, 3.63) is 125 Å². The highest BCUT2D eigenvalue weighted by Crippen LogP contribution is 2.26. The number of hydrogen-bond acceptors (Lipinski definition) is 3. The molecule has 0 spiro atoms. The van der Waals surface area contributed by atoms with Crippen LogP contribution in [0.4, 0.5) is 0 Å². The maximum Gasteiger partial charge on any atom is 0.224 e. The molecule has 6 nitrogen and oxygen atoms in total. The summed E-state index contributed by atoms with van der Waals surface area (Å²) in [6.45, 7) is 1.16. The van der Waals surface area contributed by atoms with Crippen LogP contribution in [0, 0.1) is 0 Å². The van der Waals surface area contributed by atoms with E-state index in [1.54, 1.807) is 12.5 Å². The lowest BCUT2D eigenvalue weighted by atomic mass is 10.1. The second kappa shape index (κ2) is 10.4. The van der Waals surface area contributed by atoms with E-state index in [1.165, 1.54) is 0 Å². The summed E-state index contributed by atoms with van der Waals surface area (Å²) in [5.74, 6) is -0.0646. The molecule has 2 heterocycles. The van der Waals surface area contributed by atoms with Crippen LogP contribution in [-0.2, 0) is 24.3 Å². The Bertz CT molecular complexity index is 1410. The fourth-order valence-electron chi connectivity index (χ4n) is 3.99. The topological polar surface area (TPSA) is 64.7 Å². The highest BCUT2D eigenvalue weighted by atomic mass is 35.5. The van der Waals surface area contributed by atoms with Gasteiger partial charge in [-0.1, -0.05) is 66.2 Å². The number of benzene rings is 3. The number of nitrogens with zero attached hydrogens (tertiary/aromatic N) is 4. The third-order valence-corrected chi connectivity index (χ3v) is 6.04. The van der Waals surface area contributed by atoms with Crippen LogP contribution in [-0.4, -0.2) is 25.2 Å². The van der Waals surface area contributed by atoms with Crippen molar-refractivity contribution in [3.63, 3.8) is 0 Å². The third-order valence-electron chi connectivity index (χ3n) is 5.79. The molecule has 0 saturated carbocycles. The number of para-hydroxylation sites is 1. The van der Waals surface area contributed by atoms with Crippen LogP contribution in [0.15, 0.2) is 104 Å². The summed E-state index contributed by atoms with van der Waals surface area (Å²) in [6.07, 6.45) is 7.62. The van der Waals surface area contributed by atoms with Crippen LogP contribution in [0.5, 0.6) is 0 Å². The van der Waals surface area contributed by atoms with Gasteiger partial charge in [-0.3, -0.25) is 4.79 Å². The highest BCUT2D eigenvalue weighted by molar-refractivity contribution is 6.30. The zero-order valence-electron chi connectivity index (χ0n) is 19.0. The smallest absolute Gasteiger partial charge is 0.224 e. The second-order valence-electron chi connectivity index (χ2n) is 8.25. The number of hydrogen-bond donors (Lipinski definition) is 1. The second-order valence-corrected chi connectivity index (χ2v) is 8.68. The molecule has 2 aromatic heterocycles. The number of imidazole rings is 1. The molecule has 35 heavy (non-hydrogen) atoms. The summed E-state index contributed by atoms with van der Waals surface area (Å²) >= 11 is 6.09. The zero-order chi connectivity index (χ0) is 24.0. The minimum atomic E-state index is -0.0646. The van der Waals surface area contributed by atoms with Crippen molar-refractivity contribution < 1.29 is 4.79 Å². The van der Waals surface area contributed by atoms with Gasteiger partial charge in [0.25, 0.3) is 0 Å². The van der Waals surface area contributed by atoms with Crippen molar-refractivity contribution >= 4 is 17.5 Å². The van der Waals surface area contributed by atoms with Gasteiger partial charge in [0, 0.05) is 47.8 Å². The number of amides is 1. The molecule has 1 amide bonds. The maximum atomic E-state index is 13.0. The zero-order valence-corrected chi connectivity index (χ0v) is 19.8. The molecule has 0 aliphatic rings. The van der Waals surface area contributed by atoms with Gasteiger partial charge in [-0.2, -0.15) is 5.10 Å². The molecular weight excluding hydrogens is 458 g/mol. The Morgan fingerprint density at radius 3 is 2.37 bits per heavy atom. The van der Waals surface area contributed by atoms with E-state index in [0.29, 0.717) is 18.1 Å². The first-order valence-electron chi connectivity index (χ1n) is 11.3. The largest absolute Gasteiger partial charge is 0.352 e. The summed E-state index contributed by atoms with van der Waals surface area (Å²) in [5.41, 5.74) is 5.68. The Hall–Kier alpha value is -4.16. The van der Waals surface area contributed by atoms with Gasteiger partial charge in [-0.15, -0.1) is 0 Å². The van der Waals surface area contributed by atoms with Gasteiger partial charge in [-0.05, 0) is 35.4 Å². The Labute approximate surface area is 208 Å². The molecule has 0 aliphatic heterocycles. The van der Waals surface area contributed by atoms with Gasteiger partial charge in [0.1, 0.15) is 0 Å². The van der Waals surface area contributed by atoms with E-state index >= 15 is 0 Å². The standard InChI is InChI=1S/C28H24ClN5O/c29-25-12-10-21(11-13-25)28-24(19-34(32-28)26-8-2-1-3-9-26)16-27(35)31-17-22-6-4-5-7-23(22)18-33-15-14-30-20-33/h1-15,19-20H,16-18H2,(H,31,35). The van der Waals surface area contributed by atoms with Crippen molar-refractivity contribution in [2.75, 3.05) is 0 Å². The Balaban J connectivity index is 1.35. The van der Waals surface area contributed by atoms with Gasteiger partial charge in [0.2, 0.25) is 5.91 Å². The summed E-state index contributed by atoms with van der Waals surface area (Å²) < 4.78 is 3.82. The molecule has 0 bridgehead atoms. The quantitative estimate of drug-likeness (QED) is 0.327. The molecule has 7 heteroatoms. The third kappa shape index (κ3) is 5.50. The van der Waals surface area contributed by atoms with Crippen molar-refractivity contribution in [1.29, 1.82) is 0 Å². The Morgan fingerprint density at radius 2 is 1.63 bits per heavy atom. The maximum absolute atomic E-state index is 13.0.